The van der Waals surface area contributed by atoms with Crippen molar-refractivity contribution in [2.24, 2.45) is 0 Å². The predicted molar refractivity (Wildman–Crippen MR) is 130 cm³/mol. The quantitative estimate of drug-likeness (QED) is 0.327. The summed E-state index contributed by atoms with van der Waals surface area (Å²) in [5, 5.41) is 1.39. The first-order valence-corrected chi connectivity index (χ1v) is 11.5. The smallest absolute Gasteiger partial charge is 0.293 e. The van der Waals surface area contributed by atoms with Crippen LogP contribution in [0.1, 0.15) is 16.7 Å². The van der Waals surface area contributed by atoms with Crippen LogP contribution < -0.4 is 4.74 Å². The first-order chi connectivity index (χ1) is 15.4. The van der Waals surface area contributed by atoms with E-state index >= 15 is 0 Å². The standard InChI is InChI=1S/C24H16Cl3NO3S/c25-18-7-4-15(5-8-18)13-28-23(29)22(32-24(28)30)11-16-2-1-3-20(10-16)31-14-17-6-9-19(26)12-21(17)27/h1-12H,13-14H2/b22-11+. The maximum Gasteiger partial charge on any atom is 0.293 e. The Morgan fingerprint density at radius 2 is 1.66 bits per heavy atom. The minimum atomic E-state index is -0.325. The van der Waals surface area contributed by atoms with Crippen LogP contribution >= 0.6 is 46.6 Å². The molecular weight excluding hydrogens is 489 g/mol. The fourth-order valence-electron chi connectivity index (χ4n) is 3.05. The van der Waals surface area contributed by atoms with Gasteiger partial charge >= 0.3 is 0 Å². The lowest BCUT2D eigenvalue weighted by atomic mass is 10.2. The van der Waals surface area contributed by atoms with Gasteiger partial charge in [-0.15, -0.1) is 0 Å². The number of hydrogen-bond donors (Lipinski definition) is 0. The molecule has 0 unspecified atom stereocenters. The summed E-state index contributed by atoms with van der Waals surface area (Å²) < 4.78 is 5.84. The van der Waals surface area contributed by atoms with E-state index in [4.69, 9.17) is 39.5 Å². The molecule has 0 aromatic heterocycles. The summed E-state index contributed by atoms with van der Waals surface area (Å²) in [6.45, 7) is 0.473. The highest BCUT2D eigenvalue weighted by Crippen LogP contribution is 2.34. The highest BCUT2D eigenvalue weighted by Gasteiger charge is 2.34. The van der Waals surface area contributed by atoms with Gasteiger partial charge in [0, 0.05) is 20.6 Å². The number of ether oxygens (including phenoxy) is 1. The molecule has 0 aliphatic carbocycles. The van der Waals surface area contributed by atoms with Crippen LogP contribution in [-0.2, 0) is 17.9 Å². The zero-order valence-corrected chi connectivity index (χ0v) is 19.6. The SMILES string of the molecule is O=C1S/C(=C/c2cccc(OCc3ccc(Cl)cc3Cl)c2)C(=O)N1Cc1ccc(Cl)cc1. The highest BCUT2D eigenvalue weighted by molar-refractivity contribution is 8.18. The number of thioether (sulfide) groups is 1. The summed E-state index contributed by atoms with van der Waals surface area (Å²) in [6.07, 6.45) is 1.69. The molecule has 32 heavy (non-hydrogen) atoms. The van der Waals surface area contributed by atoms with E-state index in [0.717, 1.165) is 28.5 Å². The van der Waals surface area contributed by atoms with Crippen molar-refractivity contribution in [3.05, 3.63) is 103 Å². The largest absolute Gasteiger partial charge is 0.489 e. The van der Waals surface area contributed by atoms with Gasteiger partial charge in [-0.25, -0.2) is 0 Å². The maximum absolute atomic E-state index is 12.8. The van der Waals surface area contributed by atoms with Crippen molar-refractivity contribution in [2.45, 2.75) is 13.2 Å². The van der Waals surface area contributed by atoms with E-state index in [9.17, 15) is 9.59 Å². The lowest BCUT2D eigenvalue weighted by molar-refractivity contribution is -0.123. The van der Waals surface area contributed by atoms with Gasteiger partial charge in [-0.2, -0.15) is 0 Å². The average molecular weight is 505 g/mol. The molecule has 0 N–H and O–H groups in total. The molecule has 4 rings (SSSR count). The third kappa shape index (κ3) is 5.48. The monoisotopic (exact) mass is 503 g/mol. The van der Waals surface area contributed by atoms with Crippen molar-refractivity contribution in [1.82, 2.24) is 4.90 Å². The summed E-state index contributed by atoms with van der Waals surface area (Å²) in [5.41, 5.74) is 2.39. The molecule has 1 fully saturated rings. The molecule has 3 aromatic carbocycles. The molecule has 8 heteroatoms. The number of carbonyl (C=O) groups is 2. The molecule has 1 aliphatic heterocycles. The van der Waals surface area contributed by atoms with Gasteiger partial charge in [0.1, 0.15) is 12.4 Å². The molecule has 1 heterocycles. The third-order valence-corrected chi connectivity index (χ3v) is 6.44. The molecule has 3 aromatic rings. The number of halogens is 3. The Balaban J connectivity index is 1.46. The van der Waals surface area contributed by atoms with Crippen LogP contribution in [0, 0.1) is 0 Å². The summed E-state index contributed by atoms with van der Waals surface area (Å²) in [4.78, 5) is 26.8. The second-order valence-corrected chi connectivity index (χ2v) is 9.26. The van der Waals surface area contributed by atoms with E-state index in [1.54, 1.807) is 48.5 Å². The van der Waals surface area contributed by atoms with E-state index in [-0.39, 0.29) is 24.3 Å². The number of rotatable bonds is 6. The molecule has 162 valence electrons. The molecule has 0 radical (unpaired) electrons. The third-order valence-electron chi connectivity index (χ3n) is 4.69. The van der Waals surface area contributed by atoms with E-state index in [1.807, 2.05) is 24.3 Å². The molecule has 0 spiro atoms. The van der Waals surface area contributed by atoms with Crippen LogP contribution in [0.2, 0.25) is 15.1 Å². The summed E-state index contributed by atoms with van der Waals surface area (Å²) in [6, 6.07) is 19.6. The van der Waals surface area contributed by atoms with Gasteiger partial charge in [0.25, 0.3) is 11.1 Å². The molecule has 0 atom stereocenters. The van der Waals surface area contributed by atoms with E-state index in [0.29, 0.717) is 25.7 Å². The summed E-state index contributed by atoms with van der Waals surface area (Å²) >= 11 is 18.9. The van der Waals surface area contributed by atoms with Crippen molar-refractivity contribution in [2.75, 3.05) is 0 Å². The number of hydrogen-bond acceptors (Lipinski definition) is 4. The van der Waals surface area contributed by atoms with Gasteiger partial charge in [-0.1, -0.05) is 65.1 Å². The molecule has 1 aliphatic rings. The zero-order valence-electron chi connectivity index (χ0n) is 16.6. The molecule has 0 saturated carbocycles. The molecule has 2 amide bonds. The Labute approximate surface area is 204 Å². The fourth-order valence-corrected chi connectivity index (χ4v) is 4.48. The van der Waals surface area contributed by atoms with Gasteiger partial charge < -0.3 is 4.74 Å². The average Bonchev–Trinajstić information content (AvgIpc) is 3.02. The summed E-state index contributed by atoms with van der Waals surface area (Å²) in [5.74, 6) is 0.291. The van der Waals surface area contributed by atoms with E-state index in [2.05, 4.69) is 0 Å². The van der Waals surface area contributed by atoms with Crippen LogP contribution in [0.3, 0.4) is 0 Å². The van der Waals surface area contributed by atoms with Crippen LogP contribution in [0.5, 0.6) is 5.75 Å². The number of imide groups is 1. The molecule has 4 nitrogen and oxygen atoms in total. The van der Waals surface area contributed by atoms with Gasteiger partial charge in [-0.3, -0.25) is 14.5 Å². The van der Waals surface area contributed by atoms with Crippen LogP contribution in [0.25, 0.3) is 6.08 Å². The summed E-state index contributed by atoms with van der Waals surface area (Å²) in [7, 11) is 0. The van der Waals surface area contributed by atoms with Gasteiger partial charge in [0.15, 0.2) is 0 Å². The molecular formula is C24H16Cl3NO3S. The minimum absolute atomic E-state index is 0.199. The number of amides is 2. The van der Waals surface area contributed by atoms with Gasteiger partial charge in [-0.05, 0) is 65.4 Å². The topological polar surface area (TPSA) is 46.6 Å². The van der Waals surface area contributed by atoms with Crippen LogP contribution in [0.15, 0.2) is 71.6 Å². The highest BCUT2D eigenvalue weighted by atomic mass is 35.5. The first-order valence-electron chi connectivity index (χ1n) is 9.55. The number of nitrogens with zero attached hydrogens (tertiary/aromatic N) is 1. The van der Waals surface area contributed by atoms with Crippen molar-refractivity contribution < 1.29 is 14.3 Å². The van der Waals surface area contributed by atoms with Crippen LogP contribution in [-0.4, -0.2) is 16.0 Å². The predicted octanol–water partition coefficient (Wildman–Crippen LogP) is 7.46. The Morgan fingerprint density at radius 1 is 0.906 bits per heavy atom. The van der Waals surface area contributed by atoms with Gasteiger partial charge in [0.05, 0.1) is 11.4 Å². The second kappa shape index (κ2) is 10.0. The fraction of sp³-hybridized carbons (Fsp3) is 0.0833. The normalized spacial score (nSPS) is 15.0. The maximum atomic E-state index is 12.8. The van der Waals surface area contributed by atoms with Crippen molar-refractivity contribution >= 4 is 63.8 Å². The van der Waals surface area contributed by atoms with Gasteiger partial charge in [0.2, 0.25) is 0 Å². The van der Waals surface area contributed by atoms with E-state index < -0.39 is 0 Å². The van der Waals surface area contributed by atoms with Crippen LogP contribution in [0.4, 0.5) is 4.79 Å². The zero-order chi connectivity index (χ0) is 22.7. The molecule has 1 saturated heterocycles. The molecule has 0 bridgehead atoms. The second-order valence-electron chi connectivity index (χ2n) is 6.99. The Hall–Kier alpha value is -2.44. The minimum Gasteiger partial charge on any atom is -0.489 e. The first kappa shape index (κ1) is 22.7. The Kier molecular flexibility index (Phi) is 7.11. The van der Waals surface area contributed by atoms with Crippen molar-refractivity contribution in [1.29, 1.82) is 0 Å². The lowest BCUT2D eigenvalue weighted by Gasteiger charge is -2.12. The van der Waals surface area contributed by atoms with Crippen molar-refractivity contribution in [3.63, 3.8) is 0 Å². The van der Waals surface area contributed by atoms with Crippen molar-refractivity contribution in [3.8, 4) is 5.75 Å². The number of benzene rings is 3. The Bertz CT molecular complexity index is 1210. The Morgan fingerprint density at radius 3 is 2.41 bits per heavy atom. The lowest BCUT2D eigenvalue weighted by Crippen LogP contribution is -2.27. The number of carbonyl (C=O) groups excluding carboxylic acids is 2. The van der Waals surface area contributed by atoms with E-state index in [1.165, 1.54) is 4.90 Å².